The Balaban J connectivity index is 1.68. The third-order valence-electron chi connectivity index (χ3n) is 3.27. The number of nitrogens with one attached hydrogen (secondary N) is 1. The lowest BCUT2D eigenvalue weighted by atomic mass is 10.4. The van der Waals surface area contributed by atoms with Gasteiger partial charge in [0, 0.05) is 4.88 Å². The molecule has 4 heterocycles. The highest BCUT2D eigenvalue weighted by atomic mass is 32.1. The second-order valence-electron chi connectivity index (χ2n) is 4.86. The Bertz CT molecular complexity index is 924. The Kier molecular flexibility index (Phi) is 3.72. The largest absolute Gasteiger partial charge is 0.461 e. The number of carbonyl (C=O) groups excluding carboxylic acids is 1. The molecule has 0 saturated carbocycles. The standard InChI is InChI=1S/C16H12N4O3S/c21-15(13-6-2-8-23-13)20-16(17-10-11-4-3-9-24-11)18-14(19-20)12-5-1-7-22-12/h1-9H,10H2,(H,17,18,19). The highest BCUT2D eigenvalue weighted by molar-refractivity contribution is 7.09. The van der Waals surface area contributed by atoms with Gasteiger partial charge in [-0.1, -0.05) is 6.07 Å². The van der Waals surface area contributed by atoms with Crippen molar-refractivity contribution < 1.29 is 13.6 Å². The third-order valence-corrected chi connectivity index (χ3v) is 4.15. The summed E-state index contributed by atoms with van der Waals surface area (Å²) in [6.45, 7) is 0.541. The molecular weight excluding hydrogens is 328 g/mol. The van der Waals surface area contributed by atoms with E-state index in [4.69, 9.17) is 8.83 Å². The number of hydrogen-bond acceptors (Lipinski definition) is 7. The minimum atomic E-state index is -0.404. The molecule has 7 nitrogen and oxygen atoms in total. The van der Waals surface area contributed by atoms with Gasteiger partial charge in [0.1, 0.15) is 0 Å². The monoisotopic (exact) mass is 340 g/mol. The smallest absolute Gasteiger partial charge is 0.317 e. The van der Waals surface area contributed by atoms with E-state index in [-0.39, 0.29) is 5.76 Å². The summed E-state index contributed by atoms with van der Waals surface area (Å²) in [4.78, 5) is 18.1. The van der Waals surface area contributed by atoms with Gasteiger partial charge in [0.15, 0.2) is 11.5 Å². The van der Waals surface area contributed by atoms with E-state index in [1.54, 1.807) is 35.6 Å². The quantitative estimate of drug-likeness (QED) is 0.598. The first-order valence-corrected chi connectivity index (χ1v) is 8.04. The Hall–Kier alpha value is -3.13. The molecule has 0 fully saturated rings. The van der Waals surface area contributed by atoms with Crippen LogP contribution in [0.1, 0.15) is 15.4 Å². The van der Waals surface area contributed by atoms with Gasteiger partial charge in [0.05, 0.1) is 19.1 Å². The lowest BCUT2D eigenvalue weighted by molar-refractivity contribution is 0.0919. The van der Waals surface area contributed by atoms with Crippen LogP contribution in [0.2, 0.25) is 0 Å². The summed E-state index contributed by atoms with van der Waals surface area (Å²) in [5.41, 5.74) is 0. The molecular formula is C16H12N4O3S. The van der Waals surface area contributed by atoms with Crippen molar-refractivity contribution >= 4 is 23.2 Å². The van der Waals surface area contributed by atoms with Crippen LogP contribution in [0.5, 0.6) is 0 Å². The normalized spacial score (nSPS) is 10.8. The van der Waals surface area contributed by atoms with E-state index < -0.39 is 5.91 Å². The molecule has 4 aromatic rings. The number of anilines is 1. The molecule has 0 amide bonds. The number of hydrogen-bond donors (Lipinski definition) is 1. The predicted octanol–water partition coefficient (Wildman–Crippen LogP) is 3.49. The van der Waals surface area contributed by atoms with Crippen molar-refractivity contribution in [1.29, 1.82) is 0 Å². The number of aromatic nitrogens is 3. The summed E-state index contributed by atoms with van der Waals surface area (Å²) in [5, 5.41) is 9.38. The van der Waals surface area contributed by atoms with Crippen molar-refractivity contribution in [3.05, 3.63) is 64.9 Å². The van der Waals surface area contributed by atoms with Gasteiger partial charge >= 0.3 is 5.91 Å². The molecule has 0 bridgehead atoms. The molecule has 0 aliphatic carbocycles. The van der Waals surface area contributed by atoms with Crippen LogP contribution in [-0.4, -0.2) is 20.7 Å². The first-order chi connectivity index (χ1) is 11.8. The maximum atomic E-state index is 12.6. The van der Waals surface area contributed by atoms with Crippen molar-refractivity contribution in [2.75, 3.05) is 5.32 Å². The van der Waals surface area contributed by atoms with Crippen LogP contribution in [0.4, 0.5) is 5.95 Å². The zero-order valence-electron chi connectivity index (χ0n) is 12.4. The molecule has 0 saturated heterocycles. The van der Waals surface area contributed by atoms with Gasteiger partial charge in [0.2, 0.25) is 11.8 Å². The van der Waals surface area contributed by atoms with E-state index in [1.165, 1.54) is 17.2 Å². The molecule has 120 valence electrons. The SMILES string of the molecule is O=C(c1ccco1)n1nc(-c2ccco2)nc1NCc1cccs1. The van der Waals surface area contributed by atoms with Gasteiger partial charge in [0.25, 0.3) is 0 Å². The molecule has 4 aromatic heterocycles. The van der Waals surface area contributed by atoms with Crippen LogP contribution in [-0.2, 0) is 6.54 Å². The first-order valence-electron chi connectivity index (χ1n) is 7.16. The number of furan rings is 2. The second kappa shape index (κ2) is 6.17. The van der Waals surface area contributed by atoms with E-state index in [1.807, 2.05) is 17.5 Å². The molecule has 0 aliphatic heterocycles. The summed E-state index contributed by atoms with van der Waals surface area (Å²) >= 11 is 1.62. The summed E-state index contributed by atoms with van der Waals surface area (Å²) < 4.78 is 11.7. The summed E-state index contributed by atoms with van der Waals surface area (Å²) in [6, 6.07) is 10.7. The fraction of sp³-hybridized carbons (Fsp3) is 0.0625. The average Bonchev–Trinajstić information content (AvgIpc) is 3.41. The van der Waals surface area contributed by atoms with E-state index in [9.17, 15) is 4.79 Å². The van der Waals surface area contributed by atoms with Crippen molar-refractivity contribution in [3.63, 3.8) is 0 Å². The van der Waals surface area contributed by atoms with Crippen LogP contribution in [0.15, 0.2) is 63.1 Å². The van der Waals surface area contributed by atoms with E-state index in [0.29, 0.717) is 24.1 Å². The van der Waals surface area contributed by atoms with Crippen molar-refractivity contribution in [3.8, 4) is 11.6 Å². The van der Waals surface area contributed by atoms with Crippen LogP contribution >= 0.6 is 11.3 Å². The summed E-state index contributed by atoms with van der Waals surface area (Å²) in [6.07, 6.45) is 2.97. The van der Waals surface area contributed by atoms with E-state index in [0.717, 1.165) is 4.88 Å². The predicted molar refractivity (Wildman–Crippen MR) is 87.8 cm³/mol. The molecule has 0 unspecified atom stereocenters. The zero-order valence-corrected chi connectivity index (χ0v) is 13.2. The minimum absolute atomic E-state index is 0.185. The van der Waals surface area contributed by atoms with E-state index in [2.05, 4.69) is 15.4 Å². The van der Waals surface area contributed by atoms with Crippen molar-refractivity contribution in [1.82, 2.24) is 14.8 Å². The van der Waals surface area contributed by atoms with Crippen LogP contribution in [0.25, 0.3) is 11.6 Å². The Labute approximate surface area is 140 Å². The zero-order chi connectivity index (χ0) is 16.4. The first kappa shape index (κ1) is 14.5. The number of rotatable bonds is 5. The Morgan fingerprint density at radius 1 is 1.17 bits per heavy atom. The lowest BCUT2D eigenvalue weighted by Gasteiger charge is -2.04. The molecule has 0 radical (unpaired) electrons. The number of thiophene rings is 1. The highest BCUT2D eigenvalue weighted by Gasteiger charge is 2.21. The van der Waals surface area contributed by atoms with Gasteiger partial charge in [-0.3, -0.25) is 4.79 Å². The maximum absolute atomic E-state index is 12.6. The van der Waals surface area contributed by atoms with Gasteiger partial charge in [-0.05, 0) is 35.7 Å². The summed E-state index contributed by atoms with van der Waals surface area (Å²) in [7, 11) is 0. The van der Waals surface area contributed by atoms with Crippen LogP contribution < -0.4 is 5.32 Å². The topological polar surface area (TPSA) is 86.1 Å². The molecule has 0 aliphatic rings. The second-order valence-corrected chi connectivity index (χ2v) is 5.90. The summed E-state index contributed by atoms with van der Waals surface area (Å²) in [5.74, 6) is 0.925. The van der Waals surface area contributed by atoms with E-state index >= 15 is 0 Å². The molecule has 0 aromatic carbocycles. The molecule has 1 N–H and O–H groups in total. The number of carbonyl (C=O) groups is 1. The fourth-order valence-electron chi connectivity index (χ4n) is 2.16. The van der Waals surface area contributed by atoms with Crippen molar-refractivity contribution in [2.24, 2.45) is 0 Å². The van der Waals surface area contributed by atoms with Crippen LogP contribution in [0, 0.1) is 0 Å². The molecule has 0 spiro atoms. The maximum Gasteiger partial charge on any atom is 0.317 e. The number of nitrogens with zero attached hydrogens (tertiary/aromatic N) is 3. The molecule has 24 heavy (non-hydrogen) atoms. The molecule has 8 heteroatoms. The van der Waals surface area contributed by atoms with Crippen molar-refractivity contribution in [2.45, 2.75) is 6.54 Å². The average molecular weight is 340 g/mol. The Morgan fingerprint density at radius 3 is 2.75 bits per heavy atom. The van der Waals surface area contributed by atoms with Gasteiger partial charge in [-0.25, -0.2) is 0 Å². The molecule has 4 rings (SSSR count). The van der Waals surface area contributed by atoms with Gasteiger partial charge < -0.3 is 14.2 Å². The minimum Gasteiger partial charge on any atom is -0.461 e. The third kappa shape index (κ3) is 2.74. The van der Waals surface area contributed by atoms with Gasteiger partial charge in [-0.2, -0.15) is 9.67 Å². The Morgan fingerprint density at radius 2 is 2.04 bits per heavy atom. The van der Waals surface area contributed by atoms with Crippen LogP contribution in [0.3, 0.4) is 0 Å². The van der Waals surface area contributed by atoms with Gasteiger partial charge in [-0.15, -0.1) is 16.4 Å². The highest BCUT2D eigenvalue weighted by Crippen LogP contribution is 2.20. The lowest BCUT2D eigenvalue weighted by Crippen LogP contribution is -2.16. The fourth-order valence-corrected chi connectivity index (χ4v) is 2.81. The molecule has 0 atom stereocenters.